The van der Waals surface area contributed by atoms with Crippen molar-refractivity contribution in [2.75, 3.05) is 18.1 Å². The summed E-state index contributed by atoms with van der Waals surface area (Å²) in [6.45, 7) is 5.80. The van der Waals surface area contributed by atoms with Crippen molar-refractivity contribution in [1.82, 2.24) is 14.7 Å². The maximum absolute atomic E-state index is 12.6. The summed E-state index contributed by atoms with van der Waals surface area (Å²) < 4.78 is 24.7. The van der Waals surface area contributed by atoms with E-state index in [0.717, 1.165) is 5.69 Å². The molecule has 0 spiro atoms. The highest BCUT2D eigenvalue weighted by atomic mass is 32.2. The number of hydrogen-bond donors (Lipinski definition) is 0. The van der Waals surface area contributed by atoms with E-state index >= 15 is 0 Å². The molecule has 0 bridgehead atoms. The normalized spacial score (nSPS) is 20.8. The number of sulfone groups is 1. The molecule has 0 aliphatic carbocycles. The van der Waals surface area contributed by atoms with Gasteiger partial charge >= 0.3 is 0 Å². The van der Waals surface area contributed by atoms with Gasteiger partial charge < -0.3 is 4.90 Å². The van der Waals surface area contributed by atoms with Crippen LogP contribution in [0.15, 0.2) is 18.7 Å². The van der Waals surface area contributed by atoms with Crippen molar-refractivity contribution < 1.29 is 13.2 Å². The van der Waals surface area contributed by atoms with Gasteiger partial charge in [-0.25, -0.2) is 8.42 Å². The summed E-state index contributed by atoms with van der Waals surface area (Å²) >= 11 is 0. The van der Waals surface area contributed by atoms with E-state index in [1.54, 1.807) is 24.1 Å². The van der Waals surface area contributed by atoms with Gasteiger partial charge in [0.2, 0.25) is 0 Å². The topological polar surface area (TPSA) is 72.3 Å². The first-order valence-electron chi connectivity index (χ1n) is 6.47. The number of nitrogens with zero attached hydrogens (tertiary/aromatic N) is 3. The van der Waals surface area contributed by atoms with Crippen molar-refractivity contribution in [1.29, 1.82) is 0 Å². The molecule has 1 aromatic heterocycles. The maximum Gasteiger partial charge on any atom is 0.272 e. The molecule has 1 atom stereocenters. The molecule has 1 fully saturated rings. The number of aromatic nitrogens is 2. The summed E-state index contributed by atoms with van der Waals surface area (Å²) in [5.41, 5.74) is 1.22. The summed E-state index contributed by atoms with van der Waals surface area (Å²) in [6.07, 6.45) is 2.10. The summed E-state index contributed by atoms with van der Waals surface area (Å²) in [4.78, 5) is 14.2. The van der Waals surface area contributed by atoms with Crippen LogP contribution in [0.25, 0.3) is 0 Å². The molecule has 6 nitrogen and oxygen atoms in total. The zero-order valence-corrected chi connectivity index (χ0v) is 12.6. The number of aryl methyl sites for hydroxylation is 2. The highest BCUT2D eigenvalue weighted by Crippen LogP contribution is 2.20. The molecule has 7 heteroatoms. The van der Waals surface area contributed by atoms with Gasteiger partial charge in [-0.15, -0.1) is 6.58 Å². The Kier molecular flexibility index (Phi) is 3.99. The predicted molar refractivity (Wildman–Crippen MR) is 76.2 cm³/mol. The van der Waals surface area contributed by atoms with Crippen LogP contribution in [0.5, 0.6) is 0 Å². The quantitative estimate of drug-likeness (QED) is 0.761. The lowest BCUT2D eigenvalue weighted by atomic mass is 10.2. The average molecular weight is 297 g/mol. The van der Waals surface area contributed by atoms with Gasteiger partial charge in [0.15, 0.2) is 9.84 Å². The molecule has 1 aliphatic rings. The third-order valence-electron chi connectivity index (χ3n) is 3.46. The van der Waals surface area contributed by atoms with Crippen LogP contribution < -0.4 is 0 Å². The second-order valence-corrected chi connectivity index (χ2v) is 7.33. The first-order chi connectivity index (χ1) is 9.34. The van der Waals surface area contributed by atoms with Gasteiger partial charge in [0.05, 0.1) is 17.2 Å². The second-order valence-electron chi connectivity index (χ2n) is 5.10. The van der Waals surface area contributed by atoms with Crippen LogP contribution in [0, 0.1) is 6.92 Å². The lowest BCUT2D eigenvalue weighted by Crippen LogP contribution is -2.42. The van der Waals surface area contributed by atoms with Crippen LogP contribution in [0.4, 0.5) is 0 Å². The van der Waals surface area contributed by atoms with Crippen molar-refractivity contribution in [2.45, 2.75) is 19.4 Å². The first kappa shape index (κ1) is 14.8. The summed E-state index contributed by atoms with van der Waals surface area (Å²) in [6, 6.07) is 1.43. The molecule has 1 unspecified atom stereocenters. The Morgan fingerprint density at radius 1 is 1.65 bits per heavy atom. The monoisotopic (exact) mass is 297 g/mol. The molecule has 0 aromatic carbocycles. The van der Waals surface area contributed by atoms with Crippen molar-refractivity contribution in [3.63, 3.8) is 0 Å². The first-order valence-corrected chi connectivity index (χ1v) is 8.29. The van der Waals surface area contributed by atoms with Gasteiger partial charge in [-0.1, -0.05) is 6.08 Å². The van der Waals surface area contributed by atoms with Crippen molar-refractivity contribution >= 4 is 15.7 Å². The number of amides is 1. The minimum atomic E-state index is -3.03. The molecule has 0 radical (unpaired) electrons. The molecule has 20 heavy (non-hydrogen) atoms. The van der Waals surface area contributed by atoms with Gasteiger partial charge in [-0.2, -0.15) is 5.10 Å². The number of rotatable bonds is 4. The highest BCUT2D eigenvalue weighted by Gasteiger charge is 2.35. The van der Waals surface area contributed by atoms with Gasteiger partial charge in [0.25, 0.3) is 5.91 Å². The smallest absolute Gasteiger partial charge is 0.272 e. The minimum absolute atomic E-state index is 0.0312. The SMILES string of the molecule is C=CCN(C(=O)c1cc(C)nn1C)C1CCS(=O)(=O)C1. The van der Waals surface area contributed by atoms with Gasteiger partial charge in [0, 0.05) is 19.6 Å². The molecule has 110 valence electrons. The van der Waals surface area contributed by atoms with Crippen LogP contribution in [-0.2, 0) is 16.9 Å². The fraction of sp³-hybridized carbons (Fsp3) is 0.538. The van der Waals surface area contributed by atoms with Crippen molar-refractivity contribution in [2.24, 2.45) is 7.05 Å². The predicted octanol–water partition coefficient (Wildman–Crippen LogP) is 0.544. The van der Waals surface area contributed by atoms with Crippen molar-refractivity contribution in [3.8, 4) is 0 Å². The molecule has 0 saturated carbocycles. The van der Waals surface area contributed by atoms with Gasteiger partial charge in [0.1, 0.15) is 5.69 Å². The van der Waals surface area contributed by atoms with E-state index in [0.29, 0.717) is 18.7 Å². The van der Waals surface area contributed by atoms with Crippen LogP contribution >= 0.6 is 0 Å². The molecule has 1 aliphatic heterocycles. The molecule has 2 rings (SSSR count). The van der Waals surface area contributed by atoms with E-state index in [9.17, 15) is 13.2 Å². The molecule has 1 amide bonds. The molecular formula is C13H19N3O3S. The fourth-order valence-corrected chi connectivity index (χ4v) is 4.25. The Morgan fingerprint density at radius 2 is 2.35 bits per heavy atom. The Balaban J connectivity index is 2.27. The van der Waals surface area contributed by atoms with Crippen LogP contribution in [0.1, 0.15) is 22.6 Å². The Bertz CT molecular complexity index is 633. The molecule has 1 aromatic rings. The van der Waals surface area contributed by atoms with Gasteiger partial charge in [-0.3, -0.25) is 9.48 Å². The highest BCUT2D eigenvalue weighted by molar-refractivity contribution is 7.91. The van der Waals surface area contributed by atoms with Crippen LogP contribution in [0.2, 0.25) is 0 Å². The van der Waals surface area contributed by atoms with E-state index < -0.39 is 9.84 Å². The Morgan fingerprint density at radius 3 is 2.80 bits per heavy atom. The van der Waals surface area contributed by atoms with E-state index in [4.69, 9.17) is 0 Å². The summed E-state index contributed by atoms with van der Waals surface area (Å²) in [5, 5.41) is 4.15. The lowest BCUT2D eigenvalue weighted by molar-refractivity contribution is 0.0709. The molecular weight excluding hydrogens is 278 g/mol. The Labute approximate surface area is 119 Å². The zero-order chi connectivity index (χ0) is 14.9. The summed E-state index contributed by atoms with van der Waals surface area (Å²) in [7, 11) is -1.32. The minimum Gasteiger partial charge on any atom is -0.330 e. The fourth-order valence-electron chi connectivity index (χ4n) is 2.52. The number of carbonyl (C=O) groups is 1. The maximum atomic E-state index is 12.6. The lowest BCUT2D eigenvalue weighted by Gasteiger charge is -2.26. The van der Waals surface area contributed by atoms with E-state index in [1.165, 1.54) is 4.68 Å². The second kappa shape index (κ2) is 5.40. The van der Waals surface area contributed by atoms with Crippen molar-refractivity contribution in [3.05, 3.63) is 30.1 Å². The molecule has 2 heterocycles. The van der Waals surface area contributed by atoms with E-state index in [-0.39, 0.29) is 23.5 Å². The third-order valence-corrected chi connectivity index (χ3v) is 5.21. The Hall–Kier alpha value is -1.63. The standard InChI is InChI=1S/C13H19N3O3S/c1-4-6-16(11-5-7-20(18,19)9-11)13(17)12-8-10(2)14-15(12)3/h4,8,11H,1,5-7,9H2,2-3H3. The van der Waals surface area contributed by atoms with Gasteiger partial charge in [-0.05, 0) is 19.4 Å². The number of hydrogen-bond acceptors (Lipinski definition) is 4. The summed E-state index contributed by atoms with van der Waals surface area (Å²) in [5.74, 6) is -0.0259. The largest absolute Gasteiger partial charge is 0.330 e. The molecule has 0 N–H and O–H groups in total. The molecule has 1 saturated heterocycles. The van der Waals surface area contributed by atoms with E-state index in [1.807, 2.05) is 6.92 Å². The van der Waals surface area contributed by atoms with Crippen LogP contribution in [0.3, 0.4) is 0 Å². The number of carbonyl (C=O) groups excluding carboxylic acids is 1. The third kappa shape index (κ3) is 2.92. The van der Waals surface area contributed by atoms with E-state index in [2.05, 4.69) is 11.7 Å². The average Bonchev–Trinajstić information content (AvgIpc) is 2.88. The zero-order valence-electron chi connectivity index (χ0n) is 11.7. The van der Waals surface area contributed by atoms with Crippen LogP contribution in [-0.4, -0.2) is 53.1 Å².